The molecule has 0 aromatic rings. The van der Waals surface area contributed by atoms with Crippen LogP contribution in [-0.2, 0) is 13.6 Å². The van der Waals surface area contributed by atoms with Crippen LogP contribution in [0.2, 0.25) is 0 Å². The van der Waals surface area contributed by atoms with Crippen LogP contribution in [0.25, 0.3) is 0 Å². The molecule has 0 radical (unpaired) electrons. The van der Waals surface area contributed by atoms with Crippen LogP contribution in [0.15, 0.2) is 11.4 Å². The number of unbranched alkanes of at least 4 members (excludes halogenated alkanes) is 3. The van der Waals surface area contributed by atoms with Crippen molar-refractivity contribution < 1.29 is 13.6 Å². The Hall–Kier alpha value is -0.110. The SMILES string of the molecule is CCCC/C=C(/CCCC)P(=O)(OCC)OCC. The summed E-state index contributed by atoms with van der Waals surface area (Å²) >= 11 is 0. The highest BCUT2D eigenvalue weighted by Crippen LogP contribution is 2.57. The monoisotopic (exact) mass is 276 g/mol. The third-order valence-corrected chi connectivity index (χ3v) is 4.98. The second-order valence-corrected chi connectivity index (χ2v) is 6.36. The van der Waals surface area contributed by atoms with E-state index in [1.54, 1.807) is 0 Å². The summed E-state index contributed by atoms with van der Waals surface area (Å²) in [6.45, 7) is 8.85. The van der Waals surface area contributed by atoms with E-state index in [2.05, 4.69) is 19.9 Å². The molecule has 18 heavy (non-hydrogen) atoms. The van der Waals surface area contributed by atoms with Gasteiger partial charge in [0.1, 0.15) is 0 Å². The molecule has 0 unspecified atom stereocenters. The van der Waals surface area contributed by atoms with E-state index >= 15 is 0 Å². The fraction of sp³-hybridized carbons (Fsp3) is 0.857. The lowest BCUT2D eigenvalue weighted by molar-refractivity contribution is 0.225. The highest BCUT2D eigenvalue weighted by Gasteiger charge is 2.28. The molecule has 0 heterocycles. The van der Waals surface area contributed by atoms with Crippen LogP contribution in [0.5, 0.6) is 0 Å². The molecule has 108 valence electrons. The van der Waals surface area contributed by atoms with Crippen molar-refractivity contribution in [1.29, 1.82) is 0 Å². The summed E-state index contributed by atoms with van der Waals surface area (Å²) in [5.74, 6) is 0. The van der Waals surface area contributed by atoms with Gasteiger partial charge in [-0.1, -0.05) is 39.2 Å². The van der Waals surface area contributed by atoms with Crippen LogP contribution < -0.4 is 0 Å². The maximum atomic E-state index is 12.7. The van der Waals surface area contributed by atoms with Crippen molar-refractivity contribution in [2.24, 2.45) is 0 Å². The molecule has 0 bridgehead atoms. The van der Waals surface area contributed by atoms with Gasteiger partial charge in [0.15, 0.2) is 0 Å². The first-order valence-electron chi connectivity index (χ1n) is 7.23. The summed E-state index contributed by atoms with van der Waals surface area (Å²) < 4.78 is 23.6. The Bertz CT molecular complexity index is 264. The van der Waals surface area contributed by atoms with Gasteiger partial charge in [0.25, 0.3) is 0 Å². The Labute approximate surface area is 112 Å². The van der Waals surface area contributed by atoms with Gasteiger partial charge >= 0.3 is 7.60 Å². The molecule has 0 saturated carbocycles. The van der Waals surface area contributed by atoms with Crippen molar-refractivity contribution in [2.75, 3.05) is 13.2 Å². The minimum Gasteiger partial charge on any atom is -0.306 e. The highest BCUT2D eigenvalue weighted by molar-refractivity contribution is 7.58. The molecule has 0 rings (SSSR count). The zero-order valence-corrected chi connectivity index (χ0v) is 13.3. The molecule has 0 amide bonds. The van der Waals surface area contributed by atoms with Gasteiger partial charge in [0.2, 0.25) is 0 Å². The highest BCUT2D eigenvalue weighted by atomic mass is 31.2. The van der Waals surface area contributed by atoms with Crippen molar-refractivity contribution >= 4 is 7.60 Å². The summed E-state index contributed by atoms with van der Waals surface area (Å²) in [5.41, 5.74) is 0. The smallest absolute Gasteiger partial charge is 0.306 e. The van der Waals surface area contributed by atoms with Gasteiger partial charge in [0, 0.05) is 5.31 Å². The van der Waals surface area contributed by atoms with Gasteiger partial charge in [-0.15, -0.1) is 0 Å². The molecule has 0 aromatic heterocycles. The van der Waals surface area contributed by atoms with Crippen LogP contribution in [0.4, 0.5) is 0 Å². The molecule has 3 nitrogen and oxygen atoms in total. The first-order valence-corrected chi connectivity index (χ1v) is 8.77. The summed E-state index contributed by atoms with van der Waals surface area (Å²) in [7, 11) is -3.04. The normalized spacial score (nSPS) is 13.0. The maximum Gasteiger partial charge on any atom is 0.356 e. The number of rotatable bonds is 11. The van der Waals surface area contributed by atoms with Gasteiger partial charge in [-0.3, -0.25) is 4.57 Å². The van der Waals surface area contributed by atoms with E-state index in [-0.39, 0.29) is 0 Å². The first kappa shape index (κ1) is 17.9. The molecule has 0 aliphatic carbocycles. The fourth-order valence-electron chi connectivity index (χ4n) is 1.72. The summed E-state index contributed by atoms with van der Waals surface area (Å²) in [6.07, 6.45) is 8.23. The quantitative estimate of drug-likeness (QED) is 0.368. The molecule has 0 aromatic carbocycles. The Kier molecular flexibility index (Phi) is 10.7. The molecule has 0 saturated heterocycles. The molecule has 0 atom stereocenters. The minimum atomic E-state index is -3.04. The topological polar surface area (TPSA) is 35.5 Å². The van der Waals surface area contributed by atoms with Crippen LogP contribution in [-0.4, -0.2) is 13.2 Å². The molecule has 0 aliphatic rings. The average Bonchev–Trinajstić information content (AvgIpc) is 2.34. The van der Waals surface area contributed by atoms with Gasteiger partial charge in [-0.05, 0) is 33.1 Å². The zero-order chi connectivity index (χ0) is 13.9. The summed E-state index contributed by atoms with van der Waals surface area (Å²) in [5, 5.41) is 0.876. The van der Waals surface area contributed by atoms with Gasteiger partial charge in [0.05, 0.1) is 13.2 Å². The second kappa shape index (κ2) is 10.8. The zero-order valence-electron chi connectivity index (χ0n) is 12.4. The Morgan fingerprint density at radius 3 is 2.00 bits per heavy atom. The second-order valence-electron chi connectivity index (χ2n) is 4.27. The lowest BCUT2D eigenvalue weighted by Crippen LogP contribution is -1.99. The Balaban J connectivity index is 4.84. The fourth-order valence-corrected chi connectivity index (χ4v) is 3.60. The molecule has 0 spiro atoms. The number of hydrogen-bond donors (Lipinski definition) is 0. The molecule has 0 aliphatic heterocycles. The van der Waals surface area contributed by atoms with Crippen LogP contribution >= 0.6 is 7.60 Å². The number of allylic oxidation sites excluding steroid dienone is 2. The van der Waals surface area contributed by atoms with Crippen LogP contribution in [0, 0.1) is 0 Å². The lowest BCUT2D eigenvalue weighted by atomic mass is 10.2. The molecule has 0 N–H and O–H groups in total. The van der Waals surface area contributed by atoms with E-state index < -0.39 is 7.60 Å². The van der Waals surface area contributed by atoms with Crippen molar-refractivity contribution in [2.45, 2.75) is 66.2 Å². The van der Waals surface area contributed by atoms with Gasteiger partial charge < -0.3 is 9.05 Å². The van der Waals surface area contributed by atoms with E-state index in [4.69, 9.17) is 9.05 Å². The van der Waals surface area contributed by atoms with Crippen molar-refractivity contribution in [3.8, 4) is 0 Å². The molecular weight excluding hydrogens is 247 g/mol. The third kappa shape index (κ3) is 6.72. The predicted octanol–water partition coefficient (Wildman–Crippen LogP) is 5.52. The van der Waals surface area contributed by atoms with Gasteiger partial charge in [-0.25, -0.2) is 0 Å². The third-order valence-electron chi connectivity index (χ3n) is 2.67. The molecular formula is C14H29O3P. The first-order chi connectivity index (χ1) is 8.64. The van der Waals surface area contributed by atoms with E-state index in [1.165, 1.54) is 0 Å². The van der Waals surface area contributed by atoms with Crippen molar-refractivity contribution in [1.82, 2.24) is 0 Å². The van der Waals surface area contributed by atoms with E-state index in [0.717, 1.165) is 43.8 Å². The average molecular weight is 276 g/mol. The van der Waals surface area contributed by atoms with E-state index in [9.17, 15) is 4.57 Å². The maximum absolute atomic E-state index is 12.7. The number of hydrogen-bond acceptors (Lipinski definition) is 3. The predicted molar refractivity (Wildman–Crippen MR) is 78.0 cm³/mol. The van der Waals surface area contributed by atoms with E-state index in [1.807, 2.05) is 13.8 Å². The summed E-state index contributed by atoms with van der Waals surface area (Å²) in [6, 6.07) is 0. The Morgan fingerprint density at radius 1 is 1.00 bits per heavy atom. The van der Waals surface area contributed by atoms with Crippen LogP contribution in [0.3, 0.4) is 0 Å². The molecule has 4 heteroatoms. The Morgan fingerprint density at radius 2 is 1.56 bits per heavy atom. The van der Waals surface area contributed by atoms with Crippen LogP contribution in [0.1, 0.15) is 66.2 Å². The van der Waals surface area contributed by atoms with Crippen molar-refractivity contribution in [3.63, 3.8) is 0 Å². The van der Waals surface area contributed by atoms with E-state index in [0.29, 0.717) is 13.2 Å². The standard InChI is InChI=1S/C14H29O3P/c1-5-9-11-13-14(12-10-6-2)18(15,16-7-3)17-8-4/h13H,5-12H2,1-4H3/b14-13-. The molecule has 0 fully saturated rings. The van der Waals surface area contributed by atoms with Crippen molar-refractivity contribution in [3.05, 3.63) is 11.4 Å². The largest absolute Gasteiger partial charge is 0.356 e. The lowest BCUT2D eigenvalue weighted by Gasteiger charge is -2.20. The minimum absolute atomic E-state index is 0.425. The van der Waals surface area contributed by atoms with Gasteiger partial charge in [-0.2, -0.15) is 0 Å². The summed E-state index contributed by atoms with van der Waals surface area (Å²) in [4.78, 5) is 0.